The standard InChI is InChI=1S/C21H25NO4/c1-13-11-16-18(25-13)9-7-14(20(16)23)12-22-17-8-10-19(21(17)24)26-15-5-3-2-4-6-15/h2-6,11,14,17,19,21-22,24H,7-10,12H2,1H3. The van der Waals surface area contributed by atoms with Gasteiger partial charge in [0.05, 0.1) is 5.56 Å². The topological polar surface area (TPSA) is 71.7 Å². The van der Waals surface area contributed by atoms with Gasteiger partial charge in [0.15, 0.2) is 5.78 Å². The second-order valence-corrected chi connectivity index (χ2v) is 7.35. The highest BCUT2D eigenvalue weighted by molar-refractivity contribution is 6.00. The van der Waals surface area contributed by atoms with Crippen molar-refractivity contribution in [3.63, 3.8) is 0 Å². The number of para-hydroxylation sites is 1. The first-order chi connectivity index (χ1) is 12.6. The molecule has 2 aliphatic carbocycles. The maximum absolute atomic E-state index is 12.6. The SMILES string of the molecule is Cc1cc2c(o1)CCC(CNC1CCC(Oc3ccccc3)C1O)C2=O. The molecule has 0 saturated heterocycles. The molecule has 138 valence electrons. The third-order valence-corrected chi connectivity index (χ3v) is 5.50. The first-order valence-corrected chi connectivity index (χ1v) is 9.38. The fourth-order valence-corrected chi connectivity index (χ4v) is 4.07. The van der Waals surface area contributed by atoms with E-state index in [2.05, 4.69) is 5.32 Å². The van der Waals surface area contributed by atoms with Gasteiger partial charge in [-0.2, -0.15) is 0 Å². The minimum atomic E-state index is -0.569. The first kappa shape index (κ1) is 17.3. The lowest BCUT2D eigenvalue weighted by atomic mass is 9.86. The molecule has 0 spiro atoms. The van der Waals surface area contributed by atoms with Gasteiger partial charge < -0.3 is 19.6 Å². The van der Waals surface area contributed by atoms with Crippen molar-refractivity contribution in [1.82, 2.24) is 5.32 Å². The number of furan rings is 1. The van der Waals surface area contributed by atoms with Crippen molar-refractivity contribution in [3.8, 4) is 5.75 Å². The third-order valence-electron chi connectivity index (χ3n) is 5.50. The number of hydrogen-bond donors (Lipinski definition) is 2. The Labute approximate surface area is 153 Å². The second-order valence-electron chi connectivity index (χ2n) is 7.35. The lowest BCUT2D eigenvalue weighted by molar-refractivity contribution is 0.0441. The number of aryl methyl sites for hydroxylation is 2. The van der Waals surface area contributed by atoms with E-state index in [4.69, 9.17) is 9.15 Å². The van der Waals surface area contributed by atoms with E-state index in [9.17, 15) is 9.90 Å². The molecule has 0 radical (unpaired) electrons. The van der Waals surface area contributed by atoms with Crippen LogP contribution >= 0.6 is 0 Å². The highest BCUT2D eigenvalue weighted by atomic mass is 16.5. The second kappa shape index (κ2) is 7.25. The van der Waals surface area contributed by atoms with E-state index in [1.54, 1.807) is 0 Å². The van der Waals surface area contributed by atoms with Crippen molar-refractivity contribution >= 4 is 5.78 Å². The largest absolute Gasteiger partial charge is 0.488 e. The van der Waals surface area contributed by atoms with Gasteiger partial charge in [-0.15, -0.1) is 0 Å². The number of ketones is 1. The fraction of sp³-hybridized carbons (Fsp3) is 0.476. The van der Waals surface area contributed by atoms with Crippen molar-refractivity contribution < 1.29 is 19.1 Å². The maximum Gasteiger partial charge on any atom is 0.170 e. The minimum Gasteiger partial charge on any atom is -0.488 e. The van der Waals surface area contributed by atoms with Crippen LogP contribution in [0.3, 0.4) is 0 Å². The zero-order valence-corrected chi connectivity index (χ0v) is 15.0. The quantitative estimate of drug-likeness (QED) is 0.863. The molecule has 1 fully saturated rings. The summed E-state index contributed by atoms with van der Waals surface area (Å²) in [5.41, 5.74) is 0.734. The van der Waals surface area contributed by atoms with Crippen molar-refractivity contribution in [1.29, 1.82) is 0 Å². The first-order valence-electron chi connectivity index (χ1n) is 9.38. The Morgan fingerprint density at radius 3 is 2.85 bits per heavy atom. The summed E-state index contributed by atoms with van der Waals surface area (Å²) in [6.07, 6.45) is 2.46. The zero-order valence-electron chi connectivity index (χ0n) is 15.0. The Morgan fingerprint density at radius 1 is 1.23 bits per heavy atom. The van der Waals surface area contributed by atoms with Crippen molar-refractivity contribution in [2.24, 2.45) is 5.92 Å². The Morgan fingerprint density at radius 2 is 2.04 bits per heavy atom. The molecule has 2 aromatic rings. The highest BCUT2D eigenvalue weighted by Crippen LogP contribution is 2.29. The van der Waals surface area contributed by atoms with E-state index in [-0.39, 0.29) is 23.8 Å². The van der Waals surface area contributed by atoms with Crippen molar-refractivity contribution in [2.45, 2.75) is 50.9 Å². The molecule has 1 aromatic heterocycles. The predicted octanol–water partition coefficient (Wildman–Crippen LogP) is 2.89. The molecular formula is C21H25NO4. The molecule has 5 heteroatoms. The summed E-state index contributed by atoms with van der Waals surface area (Å²) in [5, 5.41) is 14.0. The van der Waals surface area contributed by atoms with Gasteiger partial charge in [-0.3, -0.25) is 4.79 Å². The number of carbonyl (C=O) groups excluding carboxylic acids is 1. The minimum absolute atomic E-state index is 0.0380. The molecule has 2 N–H and O–H groups in total. The summed E-state index contributed by atoms with van der Waals surface area (Å²) in [6.45, 7) is 2.46. The van der Waals surface area contributed by atoms with Crippen LogP contribution in [0.4, 0.5) is 0 Å². The molecule has 4 atom stereocenters. The number of Topliss-reactive ketones (excluding diaryl/α,β-unsaturated/α-hetero) is 1. The molecule has 4 unspecified atom stereocenters. The molecule has 26 heavy (non-hydrogen) atoms. The number of fused-ring (bicyclic) bond motifs is 1. The van der Waals surface area contributed by atoms with E-state index in [1.165, 1.54) is 0 Å². The number of nitrogens with one attached hydrogen (secondary N) is 1. The fourth-order valence-electron chi connectivity index (χ4n) is 4.07. The van der Waals surface area contributed by atoms with E-state index >= 15 is 0 Å². The van der Waals surface area contributed by atoms with Crippen LogP contribution < -0.4 is 10.1 Å². The normalized spacial score (nSPS) is 28.2. The smallest absolute Gasteiger partial charge is 0.170 e. The number of ether oxygens (including phenoxy) is 1. The van der Waals surface area contributed by atoms with Crippen LogP contribution in [0.1, 0.15) is 41.1 Å². The van der Waals surface area contributed by atoms with E-state index in [0.717, 1.165) is 48.5 Å². The summed E-state index contributed by atoms with van der Waals surface area (Å²) >= 11 is 0. The molecular weight excluding hydrogens is 330 g/mol. The van der Waals surface area contributed by atoms with Crippen LogP contribution in [0.25, 0.3) is 0 Å². The van der Waals surface area contributed by atoms with Gasteiger partial charge in [0, 0.05) is 24.9 Å². The van der Waals surface area contributed by atoms with E-state index in [1.807, 2.05) is 43.3 Å². The number of carbonyl (C=O) groups is 1. The molecule has 4 rings (SSSR count). The van der Waals surface area contributed by atoms with Crippen molar-refractivity contribution in [3.05, 3.63) is 53.5 Å². The Bertz CT molecular complexity index is 770. The summed E-state index contributed by atoms with van der Waals surface area (Å²) in [6, 6.07) is 11.4. The van der Waals surface area contributed by atoms with Gasteiger partial charge in [0.2, 0.25) is 0 Å². The van der Waals surface area contributed by atoms with Gasteiger partial charge in [0.25, 0.3) is 0 Å². The van der Waals surface area contributed by atoms with Gasteiger partial charge in [-0.25, -0.2) is 0 Å². The zero-order chi connectivity index (χ0) is 18.1. The number of aliphatic hydroxyl groups is 1. The van der Waals surface area contributed by atoms with Crippen LogP contribution in [-0.4, -0.2) is 35.7 Å². The highest BCUT2D eigenvalue weighted by Gasteiger charge is 2.37. The number of aliphatic hydroxyl groups excluding tert-OH is 1. The van der Waals surface area contributed by atoms with E-state index < -0.39 is 6.10 Å². The summed E-state index contributed by atoms with van der Waals surface area (Å²) in [4.78, 5) is 12.6. The number of hydrogen-bond acceptors (Lipinski definition) is 5. The molecule has 2 aliphatic rings. The Hall–Kier alpha value is -2.11. The van der Waals surface area contributed by atoms with Gasteiger partial charge in [-0.1, -0.05) is 18.2 Å². The maximum atomic E-state index is 12.6. The predicted molar refractivity (Wildman–Crippen MR) is 97.5 cm³/mol. The summed E-state index contributed by atoms with van der Waals surface area (Å²) in [7, 11) is 0. The van der Waals surface area contributed by atoms with Crippen LogP contribution in [0, 0.1) is 12.8 Å². The Balaban J connectivity index is 1.32. The van der Waals surface area contributed by atoms with Crippen molar-refractivity contribution in [2.75, 3.05) is 6.54 Å². The van der Waals surface area contributed by atoms with E-state index in [0.29, 0.717) is 6.54 Å². The molecule has 5 nitrogen and oxygen atoms in total. The molecule has 0 amide bonds. The van der Waals surface area contributed by atoms with Crippen LogP contribution in [-0.2, 0) is 6.42 Å². The molecule has 0 aliphatic heterocycles. The van der Waals surface area contributed by atoms with Gasteiger partial charge >= 0.3 is 0 Å². The van der Waals surface area contributed by atoms with Crippen LogP contribution in [0.5, 0.6) is 5.75 Å². The average Bonchev–Trinajstić information content (AvgIpc) is 3.19. The van der Waals surface area contributed by atoms with Crippen LogP contribution in [0.15, 0.2) is 40.8 Å². The Kier molecular flexibility index (Phi) is 4.83. The molecule has 1 aromatic carbocycles. The average molecular weight is 355 g/mol. The molecule has 0 bridgehead atoms. The lowest BCUT2D eigenvalue weighted by Crippen LogP contribution is -2.44. The number of benzene rings is 1. The monoisotopic (exact) mass is 355 g/mol. The van der Waals surface area contributed by atoms with Gasteiger partial charge in [-0.05, 0) is 44.4 Å². The summed E-state index contributed by atoms with van der Waals surface area (Å²) in [5.74, 6) is 2.49. The molecule has 1 saturated carbocycles. The lowest BCUT2D eigenvalue weighted by Gasteiger charge is -2.25. The molecule has 1 heterocycles. The number of rotatable bonds is 5. The summed E-state index contributed by atoms with van der Waals surface area (Å²) < 4.78 is 11.5. The van der Waals surface area contributed by atoms with Gasteiger partial charge in [0.1, 0.15) is 29.5 Å². The third kappa shape index (κ3) is 3.41. The van der Waals surface area contributed by atoms with Crippen LogP contribution in [0.2, 0.25) is 0 Å².